The topological polar surface area (TPSA) is 197 Å². The molecule has 15 nitrogen and oxygen atoms in total. The van der Waals surface area contributed by atoms with Gasteiger partial charge in [-0.2, -0.15) is 0 Å². The second-order valence-electron chi connectivity index (χ2n) is 9.07. The summed E-state index contributed by atoms with van der Waals surface area (Å²) in [5.74, 6) is -4.28. The van der Waals surface area contributed by atoms with Crippen LogP contribution in [0.15, 0.2) is 39.2 Å². The zero-order valence-electron chi connectivity index (χ0n) is 21.7. The number of fused-ring (bicyclic) bond motifs is 1. The first-order valence-electron chi connectivity index (χ1n) is 11.4. The van der Waals surface area contributed by atoms with Gasteiger partial charge in [-0.25, -0.2) is 9.59 Å². The molecule has 3 heterocycles. The van der Waals surface area contributed by atoms with E-state index in [1.807, 2.05) is 0 Å². The number of nitrogens with zero attached hydrogens (tertiary/aromatic N) is 3. The van der Waals surface area contributed by atoms with Gasteiger partial charge >= 0.3 is 18.0 Å². The molecule has 1 aromatic rings. The fraction of sp³-hybridized carbons (Fsp3) is 0.435. The van der Waals surface area contributed by atoms with Gasteiger partial charge in [-0.15, -0.1) is 11.8 Å². The molecule has 0 saturated carbocycles. The number of aliphatic carboxylic acids is 1. The van der Waals surface area contributed by atoms with E-state index in [0.717, 1.165) is 9.80 Å². The van der Waals surface area contributed by atoms with Crippen molar-refractivity contribution >= 4 is 53.2 Å². The van der Waals surface area contributed by atoms with Gasteiger partial charge in [0.25, 0.3) is 17.7 Å². The maximum atomic E-state index is 13.2. The van der Waals surface area contributed by atoms with E-state index in [4.69, 9.17) is 14.0 Å². The number of furan rings is 1. The van der Waals surface area contributed by atoms with E-state index in [2.05, 4.69) is 15.8 Å². The summed E-state index contributed by atoms with van der Waals surface area (Å²) in [5, 5.41) is 17.4. The predicted molar refractivity (Wildman–Crippen MR) is 134 cm³/mol. The molecule has 0 unspecified atom stereocenters. The van der Waals surface area contributed by atoms with E-state index >= 15 is 0 Å². The monoisotopic (exact) mass is 565 g/mol. The van der Waals surface area contributed by atoms with Gasteiger partial charge in [0.15, 0.2) is 5.76 Å². The van der Waals surface area contributed by atoms with E-state index in [1.54, 1.807) is 0 Å². The highest BCUT2D eigenvalue weighted by molar-refractivity contribution is 8.00. The molecular formula is C23H27N5O10S. The Hall–Kier alpha value is -4.34. The molecule has 2 atom stereocenters. The summed E-state index contributed by atoms with van der Waals surface area (Å²) in [4.78, 5) is 80.9. The van der Waals surface area contributed by atoms with Gasteiger partial charge in [0.2, 0.25) is 11.3 Å². The third-order valence-electron chi connectivity index (χ3n) is 5.49. The molecule has 0 bridgehead atoms. The summed E-state index contributed by atoms with van der Waals surface area (Å²) in [6, 6.07) is 1.09. The first kappa shape index (κ1) is 29.2. The molecule has 39 heavy (non-hydrogen) atoms. The molecule has 0 radical (unpaired) electrons. The van der Waals surface area contributed by atoms with Crippen molar-refractivity contribution in [2.24, 2.45) is 5.16 Å². The summed E-state index contributed by atoms with van der Waals surface area (Å²) >= 11 is 1.18. The fourth-order valence-corrected chi connectivity index (χ4v) is 4.69. The highest BCUT2D eigenvalue weighted by Crippen LogP contribution is 2.40. The second kappa shape index (κ2) is 11.6. The minimum absolute atomic E-state index is 0.0391. The Bertz CT molecular complexity index is 1250. The number of nitrogens with one attached hydrogen (secondary N) is 2. The van der Waals surface area contributed by atoms with Crippen molar-refractivity contribution in [2.45, 2.75) is 37.8 Å². The van der Waals surface area contributed by atoms with Crippen LogP contribution in [0.3, 0.4) is 0 Å². The van der Waals surface area contributed by atoms with Crippen LogP contribution in [-0.4, -0.2) is 99.8 Å². The predicted octanol–water partition coefficient (Wildman–Crippen LogP) is -0.122. The van der Waals surface area contributed by atoms with Crippen molar-refractivity contribution in [2.75, 3.05) is 26.5 Å². The summed E-state index contributed by atoms with van der Waals surface area (Å²) in [7, 11) is 2.88. The van der Waals surface area contributed by atoms with E-state index < -0.39 is 58.4 Å². The van der Waals surface area contributed by atoms with Gasteiger partial charge in [0, 0.05) is 32.3 Å². The van der Waals surface area contributed by atoms with Crippen molar-refractivity contribution in [3.8, 4) is 0 Å². The molecule has 0 aliphatic carbocycles. The van der Waals surface area contributed by atoms with Crippen molar-refractivity contribution in [3.05, 3.63) is 35.4 Å². The van der Waals surface area contributed by atoms with Crippen LogP contribution in [0.1, 0.15) is 26.5 Å². The highest BCUT2D eigenvalue weighted by atomic mass is 32.2. The molecule has 3 rings (SSSR count). The van der Waals surface area contributed by atoms with Crippen LogP contribution in [0, 0.1) is 0 Å². The quantitative estimate of drug-likeness (QED) is 0.156. The minimum atomic E-state index is -1.69. The molecule has 1 fully saturated rings. The van der Waals surface area contributed by atoms with E-state index in [0.29, 0.717) is 0 Å². The van der Waals surface area contributed by atoms with Crippen LogP contribution in [-0.2, 0) is 33.5 Å². The second-order valence-corrected chi connectivity index (χ2v) is 10.2. The number of carbonyl (C=O) groups is 6. The Kier molecular flexibility index (Phi) is 8.68. The summed E-state index contributed by atoms with van der Waals surface area (Å²) in [6.07, 6.45) is 1.27. The van der Waals surface area contributed by atoms with Gasteiger partial charge in [0.1, 0.15) is 23.7 Å². The van der Waals surface area contributed by atoms with Crippen molar-refractivity contribution in [1.82, 2.24) is 20.4 Å². The van der Waals surface area contributed by atoms with Gasteiger partial charge in [-0.3, -0.25) is 29.4 Å². The first-order chi connectivity index (χ1) is 18.2. The number of ether oxygens (including phenoxy) is 1. The van der Waals surface area contributed by atoms with Crippen molar-refractivity contribution < 1.29 is 47.9 Å². The Morgan fingerprint density at radius 1 is 1.28 bits per heavy atom. The number of carbonyl (C=O) groups excluding carboxylic acids is 5. The lowest BCUT2D eigenvalue weighted by Gasteiger charge is -2.49. The molecule has 16 heteroatoms. The Morgan fingerprint density at radius 2 is 1.97 bits per heavy atom. The third kappa shape index (κ3) is 6.39. The number of thioether (sulfide) groups is 1. The average Bonchev–Trinajstić information content (AvgIpc) is 3.39. The average molecular weight is 566 g/mol. The number of carboxylic acids is 1. The van der Waals surface area contributed by atoms with Crippen molar-refractivity contribution in [1.29, 1.82) is 0 Å². The molecule has 1 aromatic heterocycles. The number of rotatable bonds is 9. The van der Waals surface area contributed by atoms with Crippen LogP contribution in [0.2, 0.25) is 0 Å². The Labute approximate surface area is 226 Å². The lowest BCUT2D eigenvalue weighted by molar-refractivity contribution is -0.150. The number of amides is 5. The Balaban J connectivity index is 1.78. The zero-order chi connectivity index (χ0) is 29.1. The van der Waals surface area contributed by atoms with E-state index in [-0.39, 0.29) is 29.4 Å². The van der Waals surface area contributed by atoms with Crippen LogP contribution in [0.4, 0.5) is 4.79 Å². The van der Waals surface area contributed by atoms with Gasteiger partial charge in [0.05, 0.1) is 6.26 Å². The summed E-state index contributed by atoms with van der Waals surface area (Å²) < 4.78 is 10.2. The van der Waals surface area contributed by atoms with Crippen LogP contribution < -0.4 is 10.6 Å². The molecule has 2 aliphatic rings. The SMILES string of the molecule is CC(=O)OCC1=C(C(=O)O)N2C(=O)[C@@H](NC(=O)C(=NOC(C)(C)C(=O)NC(=O)N(C)C)c3ccco3)[C@H]2SC1. The standard InChI is InChI=1S/C23H27N5O10S/c1-11(29)37-9-12-10-39-19-15(18(31)28(19)16(12)20(32)33)24-17(30)14(13-7-6-8-36-13)26-38-23(2,3)21(34)25-22(35)27(4)5/h6-8,15,19H,9-10H2,1-5H3,(H,24,30)(H,32,33)(H,25,34,35)/t15-,19-/m1/s1. The van der Waals surface area contributed by atoms with Gasteiger partial charge in [-0.1, -0.05) is 5.16 Å². The number of esters is 1. The molecule has 0 spiro atoms. The van der Waals surface area contributed by atoms with Crippen LogP contribution in [0.5, 0.6) is 0 Å². The largest absolute Gasteiger partial charge is 0.477 e. The smallest absolute Gasteiger partial charge is 0.352 e. The molecule has 0 aromatic carbocycles. The van der Waals surface area contributed by atoms with Crippen molar-refractivity contribution in [3.63, 3.8) is 0 Å². The number of hydrogen-bond donors (Lipinski definition) is 3. The number of imide groups is 1. The normalized spacial score (nSPS) is 18.9. The number of oxime groups is 1. The van der Waals surface area contributed by atoms with Gasteiger partial charge in [-0.05, 0) is 26.0 Å². The number of urea groups is 1. The molecule has 2 aliphatic heterocycles. The number of hydrogen-bond acceptors (Lipinski definition) is 11. The molecule has 5 amide bonds. The molecule has 210 valence electrons. The lowest BCUT2D eigenvalue weighted by atomic mass is 10.0. The number of β-lactam (4-membered cyclic amide) rings is 1. The maximum Gasteiger partial charge on any atom is 0.352 e. The van der Waals surface area contributed by atoms with Crippen LogP contribution in [0.25, 0.3) is 0 Å². The molecule has 3 N–H and O–H groups in total. The molecular weight excluding hydrogens is 538 g/mol. The van der Waals surface area contributed by atoms with Gasteiger partial charge < -0.3 is 29.3 Å². The third-order valence-corrected chi connectivity index (χ3v) is 6.83. The summed E-state index contributed by atoms with van der Waals surface area (Å²) in [5.41, 5.74) is -2.15. The summed E-state index contributed by atoms with van der Waals surface area (Å²) in [6.45, 7) is 3.55. The zero-order valence-corrected chi connectivity index (χ0v) is 22.5. The van der Waals surface area contributed by atoms with Crippen LogP contribution >= 0.6 is 11.8 Å². The number of carboxylic acid groups (broad SMARTS) is 1. The van der Waals surface area contributed by atoms with E-state index in [9.17, 15) is 33.9 Å². The highest BCUT2D eigenvalue weighted by Gasteiger charge is 2.54. The lowest BCUT2D eigenvalue weighted by Crippen LogP contribution is -2.71. The first-order valence-corrected chi connectivity index (χ1v) is 12.5. The molecule has 1 saturated heterocycles. The fourth-order valence-electron chi connectivity index (χ4n) is 3.36. The van der Waals surface area contributed by atoms with E-state index in [1.165, 1.54) is 65.0 Å². The minimum Gasteiger partial charge on any atom is -0.477 e. The Morgan fingerprint density at radius 3 is 2.54 bits per heavy atom. The maximum absolute atomic E-state index is 13.2.